The summed E-state index contributed by atoms with van der Waals surface area (Å²) in [6, 6.07) is 0. The van der Waals surface area contributed by atoms with Gasteiger partial charge in [-0.05, 0) is 5.92 Å². The van der Waals surface area contributed by atoms with E-state index in [2.05, 4.69) is 48.5 Å². The maximum Gasteiger partial charge on any atom is -0.0446 e. The summed E-state index contributed by atoms with van der Waals surface area (Å²) in [5.41, 5.74) is 0. The molecule has 16 heavy (non-hydrogen) atoms. The van der Waals surface area contributed by atoms with Gasteiger partial charge in [0, 0.05) is 0 Å². The Hall–Kier alpha value is 0. The van der Waals surface area contributed by atoms with Crippen molar-refractivity contribution in [2.24, 2.45) is 5.92 Å². The molecule has 0 heteroatoms. The lowest BCUT2D eigenvalue weighted by atomic mass is 10.0. The molecule has 0 aliphatic rings. The first kappa shape index (κ1) is 25.0. The molecule has 0 aromatic heterocycles. The molecule has 0 N–H and O–H groups in total. The van der Waals surface area contributed by atoms with Gasteiger partial charge in [-0.3, -0.25) is 0 Å². The fourth-order valence-electron chi connectivity index (χ4n) is 0.697. The highest BCUT2D eigenvalue weighted by Crippen LogP contribution is 2.07. The normalized spacial score (nSPS) is 9.56. The molecular weight excluding hydrogens is 192 g/mol. The van der Waals surface area contributed by atoms with E-state index < -0.39 is 0 Å². The molecule has 1 unspecified atom stereocenters. The van der Waals surface area contributed by atoms with Gasteiger partial charge in [-0.2, -0.15) is 0 Å². The summed E-state index contributed by atoms with van der Waals surface area (Å²) in [7, 11) is 0. The quantitative estimate of drug-likeness (QED) is 0.485. The number of unbranched alkanes of at least 4 members (excludes halogenated alkanes) is 1. The Labute approximate surface area is 107 Å². The minimum Gasteiger partial charge on any atom is -0.0683 e. The zero-order valence-electron chi connectivity index (χ0n) is 13.8. The highest BCUT2D eigenvalue weighted by atomic mass is 14.0. The average Bonchev–Trinajstić information content (AvgIpc) is 2.33. The molecule has 0 saturated heterocycles. The summed E-state index contributed by atoms with van der Waals surface area (Å²) in [4.78, 5) is 0. The Balaban J connectivity index is -0.0000000685. The molecule has 0 aliphatic heterocycles. The summed E-state index contributed by atoms with van der Waals surface area (Å²) in [6.07, 6.45) is 7.97. The van der Waals surface area contributed by atoms with E-state index in [-0.39, 0.29) is 0 Å². The molecular formula is C16H40. The fourth-order valence-corrected chi connectivity index (χ4v) is 0.697. The molecule has 0 heterocycles. The molecule has 1 atom stereocenters. The summed E-state index contributed by atoms with van der Waals surface area (Å²) < 4.78 is 0. The van der Waals surface area contributed by atoms with Crippen molar-refractivity contribution < 1.29 is 0 Å². The maximum atomic E-state index is 2.31. The monoisotopic (exact) mass is 232 g/mol. The molecule has 0 amide bonds. The van der Waals surface area contributed by atoms with Crippen LogP contribution in [0.3, 0.4) is 0 Å². The predicted octanol–water partition coefficient (Wildman–Crippen LogP) is 7.08. The largest absolute Gasteiger partial charge is 0.0683 e. The second kappa shape index (κ2) is 36.3. The second-order valence-electron chi connectivity index (χ2n) is 4.01. The molecule has 0 spiro atoms. The fraction of sp³-hybridized carbons (Fsp3) is 1.00. The third-order valence-electron chi connectivity index (χ3n) is 1.98. The van der Waals surface area contributed by atoms with E-state index in [1.807, 2.05) is 13.8 Å². The lowest BCUT2D eigenvalue weighted by Crippen LogP contribution is -1.88. The Bertz CT molecular complexity index is 55.1. The van der Waals surface area contributed by atoms with Crippen LogP contribution in [0.25, 0.3) is 0 Å². The Morgan fingerprint density at radius 3 is 1.06 bits per heavy atom. The van der Waals surface area contributed by atoms with Gasteiger partial charge in [-0.1, -0.05) is 101 Å². The first-order valence-corrected chi connectivity index (χ1v) is 7.64. The van der Waals surface area contributed by atoms with Crippen molar-refractivity contribution >= 4 is 0 Å². The van der Waals surface area contributed by atoms with Gasteiger partial charge >= 0.3 is 0 Å². The van der Waals surface area contributed by atoms with E-state index in [4.69, 9.17) is 0 Å². The first-order valence-electron chi connectivity index (χ1n) is 7.64. The average molecular weight is 232 g/mol. The minimum atomic E-state index is 0.949. The van der Waals surface area contributed by atoms with E-state index >= 15 is 0 Å². The third-order valence-corrected chi connectivity index (χ3v) is 1.98. The van der Waals surface area contributed by atoms with Crippen LogP contribution in [0, 0.1) is 5.92 Å². The lowest BCUT2D eigenvalue weighted by molar-refractivity contribution is 0.509. The van der Waals surface area contributed by atoms with E-state index in [0.717, 1.165) is 5.92 Å². The molecule has 104 valence electrons. The lowest BCUT2D eigenvalue weighted by Gasteiger charge is -2.02. The Morgan fingerprint density at radius 2 is 1.00 bits per heavy atom. The topological polar surface area (TPSA) is 0 Å². The van der Waals surface area contributed by atoms with Crippen molar-refractivity contribution in [2.45, 2.75) is 101 Å². The second-order valence-corrected chi connectivity index (χ2v) is 4.01. The zero-order valence-corrected chi connectivity index (χ0v) is 13.8. The zero-order chi connectivity index (χ0) is 13.8. The van der Waals surface area contributed by atoms with Gasteiger partial charge in [0.2, 0.25) is 0 Å². The molecule has 0 fully saturated rings. The van der Waals surface area contributed by atoms with E-state index in [9.17, 15) is 0 Å². The van der Waals surface area contributed by atoms with Crippen molar-refractivity contribution in [2.75, 3.05) is 0 Å². The van der Waals surface area contributed by atoms with Gasteiger partial charge in [0.05, 0.1) is 0 Å². The summed E-state index contributed by atoms with van der Waals surface area (Å²) in [6.45, 7) is 19.4. The van der Waals surface area contributed by atoms with Crippen LogP contribution in [0.1, 0.15) is 101 Å². The van der Waals surface area contributed by atoms with Crippen molar-refractivity contribution in [1.29, 1.82) is 0 Å². The molecule has 0 saturated carbocycles. The van der Waals surface area contributed by atoms with Gasteiger partial charge in [0.1, 0.15) is 0 Å². The van der Waals surface area contributed by atoms with Gasteiger partial charge in [0.25, 0.3) is 0 Å². The first-order chi connectivity index (χ1) is 7.64. The van der Waals surface area contributed by atoms with Gasteiger partial charge in [-0.15, -0.1) is 0 Å². The smallest absolute Gasteiger partial charge is 0.0446 e. The number of hydrogen-bond acceptors (Lipinski definition) is 0. The molecule has 0 aromatic rings. The highest BCUT2D eigenvalue weighted by Gasteiger charge is 1.92. The summed E-state index contributed by atoms with van der Waals surface area (Å²) in [5, 5.41) is 0. The van der Waals surface area contributed by atoms with Crippen LogP contribution in [0.5, 0.6) is 0 Å². The van der Waals surface area contributed by atoms with E-state index in [0.29, 0.717) is 0 Å². The van der Waals surface area contributed by atoms with Gasteiger partial charge in [0.15, 0.2) is 0 Å². The van der Waals surface area contributed by atoms with Gasteiger partial charge in [-0.25, -0.2) is 0 Å². The number of rotatable bonds is 4. The standard InChI is InChI=1S/C7H16.C4H10.C3H8.C2H6/c1-4-6-7(3)5-2;1-3-4-2;1-3-2;1-2/h7H,4-6H2,1-3H3;3-4H2,1-2H3;3H2,1-2H3;1-2H3. The van der Waals surface area contributed by atoms with Crippen LogP contribution in [0.2, 0.25) is 0 Å². The number of hydrogen-bond donors (Lipinski definition) is 0. The van der Waals surface area contributed by atoms with Crippen LogP contribution in [-0.4, -0.2) is 0 Å². The summed E-state index contributed by atoms with van der Waals surface area (Å²) in [5.74, 6) is 0.949. The third kappa shape index (κ3) is 65.7. The molecule has 0 bridgehead atoms. The summed E-state index contributed by atoms with van der Waals surface area (Å²) >= 11 is 0. The molecule has 0 rings (SSSR count). The molecule has 0 nitrogen and oxygen atoms in total. The minimum absolute atomic E-state index is 0.949. The Kier molecular flexibility index (Phi) is 56.7. The molecule has 0 aromatic carbocycles. The van der Waals surface area contributed by atoms with Crippen molar-refractivity contribution in [1.82, 2.24) is 0 Å². The van der Waals surface area contributed by atoms with Crippen LogP contribution in [0.4, 0.5) is 0 Å². The predicted molar refractivity (Wildman–Crippen MR) is 82.3 cm³/mol. The highest BCUT2D eigenvalue weighted by molar-refractivity contribution is 4.45. The molecule has 0 aliphatic carbocycles. The van der Waals surface area contributed by atoms with Gasteiger partial charge < -0.3 is 0 Å². The molecule has 0 radical (unpaired) electrons. The van der Waals surface area contributed by atoms with E-state index in [1.165, 1.54) is 38.5 Å². The maximum absolute atomic E-state index is 2.31. The van der Waals surface area contributed by atoms with Crippen LogP contribution in [0.15, 0.2) is 0 Å². The van der Waals surface area contributed by atoms with Crippen molar-refractivity contribution in [3.8, 4) is 0 Å². The van der Waals surface area contributed by atoms with Crippen LogP contribution >= 0.6 is 0 Å². The van der Waals surface area contributed by atoms with Crippen LogP contribution in [-0.2, 0) is 0 Å². The van der Waals surface area contributed by atoms with Crippen LogP contribution < -0.4 is 0 Å². The van der Waals surface area contributed by atoms with E-state index in [1.54, 1.807) is 0 Å². The van der Waals surface area contributed by atoms with Crippen molar-refractivity contribution in [3.05, 3.63) is 0 Å². The SMILES string of the molecule is CC.CCC.CCCC.CCCC(C)CC. The Morgan fingerprint density at radius 1 is 0.688 bits per heavy atom. The van der Waals surface area contributed by atoms with Crippen molar-refractivity contribution in [3.63, 3.8) is 0 Å².